The van der Waals surface area contributed by atoms with Gasteiger partial charge in [0.05, 0.1) is 17.9 Å². The summed E-state index contributed by atoms with van der Waals surface area (Å²) in [6.07, 6.45) is 11.8. The number of halogens is 2. The van der Waals surface area contributed by atoms with E-state index >= 15 is 0 Å². The predicted molar refractivity (Wildman–Crippen MR) is 128 cm³/mol. The minimum absolute atomic E-state index is 0.190. The highest BCUT2D eigenvalue weighted by molar-refractivity contribution is 9.10. The lowest BCUT2D eigenvalue weighted by atomic mass is 9.79. The van der Waals surface area contributed by atoms with E-state index in [1.54, 1.807) is 6.07 Å². The molecule has 1 aromatic rings. The Morgan fingerprint density at radius 2 is 1.87 bits per heavy atom. The van der Waals surface area contributed by atoms with E-state index in [0.29, 0.717) is 36.2 Å². The van der Waals surface area contributed by atoms with E-state index in [9.17, 15) is 4.79 Å². The van der Waals surface area contributed by atoms with E-state index < -0.39 is 0 Å². The maximum absolute atomic E-state index is 12.7. The zero-order valence-corrected chi connectivity index (χ0v) is 20.5. The van der Waals surface area contributed by atoms with E-state index in [0.717, 1.165) is 48.0 Å². The van der Waals surface area contributed by atoms with Gasteiger partial charge in [-0.2, -0.15) is 0 Å². The molecule has 2 saturated carbocycles. The molecule has 0 saturated heterocycles. The molecule has 3 rings (SSSR count). The molecule has 0 heterocycles. The fourth-order valence-electron chi connectivity index (χ4n) is 4.93. The molecule has 0 amide bonds. The van der Waals surface area contributed by atoms with E-state index in [1.165, 1.54) is 32.1 Å². The van der Waals surface area contributed by atoms with Crippen LogP contribution in [0, 0.1) is 11.8 Å². The number of hydrogen-bond acceptors (Lipinski definition) is 4. The van der Waals surface area contributed by atoms with Crippen molar-refractivity contribution in [3.63, 3.8) is 0 Å². The lowest BCUT2D eigenvalue weighted by Gasteiger charge is -2.38. The van der Waals surface area contributed by atoms with Gasteiger partial charge in [-0.3, -0.25) is 0 Å². The van der Waals surface area contributed by atoms with Gasteiger partial charge in [0.15, 0.2) is 0 Å². The maximum Gasteiger partial charge on any atom is 0.338 e. The smallest absolute Gasteiger partial charge is 0.338 e. The van der Waals surface area contributed by atoms with E-state index in [4.69, 9.17) is 22.1 Å². The van der Waals surface area contributed by atoms with Crippen molar-refractivity contribution in [3.05, 3.63) is 27.7 Å². The number of rotatable bonds is 8. The number of anilines is 1. The lowest BCUT2D eigenvalue weighted by Crippen LogP contribution is -2.45. The third-order valence-corrected chi connectivity index (χ3v) is 8.32. The number of carbonyl (C=O) groups is 1. The Kier molecular flexibility index (Phi) is 8.91. The Balaban J connectivity index is 1.60. The van der Waals surface area contributed by atoms with Gasteiger partial charge in [0.2, 0.25) is 0 Å². The fraction of sp³-hybridized carbons (Fsp3) is 0.708. The minimum atomic E-state index is -0.265. The molecule has 0 unspecified atom stereocenters. The van der Waals surface area contributed by atoms with Crippen molar-refractivity contribution in [2.75, 3.05) is 18.2 Å². The lowest BCUT2D eigenvalue weighted by molar-refractivity contribution is 0.0398. The Labute approximate surface area is 194 Å². The van der Waals surface area contributed by atoms with Gasteiger partial charge in [-0.15, -0.1) is 11.6 Å². The molecule has 2 fully saturated rings. The van der Waals surface area contributed by atoms with Crippen LogP contribution >= 0.6 is 27.5 Å². The average Bonchev–Trinajstić information content (AvgIpc) is 2.79. The SMILES string of the molecule is CCC1(NCc2cc(C(=O)OCC3CCC(CCl)CC3)cc(Br)c2N)CCCCC1. The van der Waals surface area contributed by atoms with Gasteiger partial charge in [0.1, 0.15) is 0 Å². The minimum Gasteiger partial charge on any atom is -0.462 e. The molecule has 2 aliphatic carbocycles. The van der Waals surface area contributed by atoms with Crippen molar-refractivity contribution in [1.29, 1.82) is 0 Å². The number of nitrogen functional groups attached to an aromatic ring is 1. The molecule has 2 aliphatic rings. The standard InChI is InChI=1S/C24H36BrClN2O2/c1-2-24(10-4-3-5-11-24)28-15-20-12-19(13-21(25)22(20)27)23(29)30-16-18-8-6-17(14-26)7-9-18/h12-13,17-18,28H,2-11,14-16,27H2,1H3. The number of hydrogen-bond donors (Lipinski definition) is 2. The Morgan fingerprint density at radius 1 is 1.20 bits per heavy atom. The quantitative estimate of drug-likeness (QED) is 0.245. The summed E-state index contributed by atoms with van der Waals surface area (Å²) in [6.45, 7) is 3.41. The highest BCUT2D eigenvalue weighted by Gasteiger charge is 2.29. The summed E-state index contributed by atoms with van der Waals surface area (Å²) < 4.78 is 6.42. The van der Waals surface area contributed by atoms with Crippen LogP contribution in [0.2, 0.25) is 0 Å². The molecule has 0 bridgehead atoms. The van der Waals surface area contributed by atoms with Crippen molar-refractivity contribution in [3.8, 4) is 0 Å². The summed E-state index contributed by atoms with van der Waals surface area (Å²) in [5, 5.41) is 3.76. The molecule has 0 aliphatic heterocycles. The summed E-state index contributed by atoms with van der Waals surface area (Å²) in [5.41, 5.74) is 8.73. The first kappa shape index (κ1) is 23.9. The number of nitrogens with two attached hydrogens (primary N) is 1. The third-order valence-electron chi connectivity index (χ3n) is 7.23. The van der Waals surface area contributed by atoms with Gasteiger partial charge >= 0.3 is 5.97 Å². The molecular formula is C24H36BrClN2O2. The van der Waals surface area contributed by atoms with Crippen LogP contribution in [0.5, 0.6) is 0 Å². The summed E-state index contributed by atoms with van der Waals surface area (Å²) in [5.74, 6) is 1.54. The summed E-state index contributed by atoms with van der Waals surface area (Å²) >= 11 is 9.50. The van der Waals surface area contributed by atoms with Crippen molar-refractivity contribution >= 4 is 39.2 Å². The van der Waals surface area contributed by atoms with Crippen LogP contribution in [-0.2, 0) is 11.3 Å². The Morgan fingerprint density at radius 3 is 2.50 bits per heavy atom. The van der Waals surface area contributed by atoms with Crippen molar-refractivity contribution in [1.82, 2.24) is 5.32 Å². The molecule has 0 atom stereocenters. The highest BCUT2D eigenvalue weighted by Crippen LogP contribution is 2.33. The van der Waals surface area contributed by atoms with Crippen LogP contribution < -0.4 is 11.1 Å². The number of alkyl halides is 1. The molecule has 168 valence electrons. The van der Waals surface area contributed by atoms with Crippen LogP contribution in [-0.4, -0.2) is 24.0 Å². The van der Waals surface area contributed by atoms with Crippen molar-refractivity contribution in [2.45, 2.75) is 83.2 Å². The first-order valence-corrected chi connectivity index (χ1v) is 12.8. The van der Waals surface area contributed by atoms with Gasteiger partial charge in [-0.25, -0.2) is 4.79 Å². The Bertz CT molecular complexity index is 713. The predicted octanol–water partition coefficient (Wildman–Crippen LogP) is 6.44. The molecular weight excluding hydrogens is 464 g/mol. The molecule has 30 heavy (non-hydrogen) atoms. The molecule has 3 N–H and O–H groups in total. The second-order valence-corrected chi connectivity index (χ2v) is 10.4. The number of nitrogens with one attached hydrogen (secondary N) is 1. The normalized spacial score (nSPS) is 23.8. The van der Waals surface area contributed by atoms with E-state index in [-0.39, 0.29) is 11.5 Å². The van der Waals surface area contributed by atoms with Gasteiger partial charge in [-0.1, -0.05) is 26.2 Å². The first-order chi connectivity index (χ1) is 14.5. The van der Waals surface area contributed by atoms with Gasteiger partial charge in [-0.05, 0) is 90.4 Å². The maximum atomic E-state index is 12.7. The molecule has 1 aromatic carbocycles. The zero-order chi connectivity index (χ0) is 21.6. The number of ether oxygens (including phenoxy) is 1. The van der Waals surface area contributed by atoms with Crippen molar-refractivity contribution < 1.29 is 9.53 Å². The second kappa shape index (κ2) is 11.2. The molecule has 6 heteroatoms. The molecule has 0 radical (unpaired) electrons. The van der Waals surface area contributed by atoms with Crippen LogP contribution in [0.3, 0.4) is 0 Å². The monoisotopic (exact) mass is 498 g/mol. The van der Waals surface area contributed by atoms with Crippen LogP contribution in [0.25, 0.3) is 0 Å². The molecule has 0 aromatic heterocycles. The summed E-state index contributed by atoms with van der Waals surface area (Å²) in [6, 6.07) is 3.67. The van der Waals surface area contributed by atoms with Crippen LogP contribution in [0.15, 0.2) is 16.6 Å². The first-order valence-electron chi connectivity index (χ1n) is 11.5. The zero-order valence-electron chi connectivity index (χ0n) is 18.2. The average molecular weight is 500 g/mol. The largest absolute Gasteiger partial charge is 0.462 e. The van der Waals surface area contributed by atoms with Gasteiger partial charge < -0.3 is 15.8 Å². The summed E-state index contributed by atoms with van der Waals surface area (Å²) in [4.78, 5) is 12.7. The van der Waals surface area contributed by atoms with Crippen LogP contribution in [0.1, 0.15) is 87.1 Å². The Hall–Kier alpha value is -0.780. The second-order valence-electron chi connectivity index (χ2n) is 9.22. The number of benzene rings is 1. The number of carbonyl (C=O) groups excluding carboxylic acids is 1. The van der Waals surface area contributed by atoms with Crippen LogP contribution in [0.4, 0.5) is 5.69 Å². The highest BCUT2D eigenvalue weighted by atomic mass is 79.9. The fourth-order valence-corrected chi connectivity index (χ4v) is 5.74. The van der Waals surface area contributed by atoms with Gasteiger partial charge in [0.25, 0.3) is 0 Å². The van der Waals surface area contributed by atoms with Gasteiger partial charge in [0, 0.05) is 22.4 Å². The summed E-state index contributed by atoms with van der Waals surface area (Å²) in [7, 11) is 0. The molecule has 4 nitrogen and oxygen atoms in total. The molecule has 0 spiro atoms. The third kappa shape index (κ3) is 6.14. The van der Waals surface area contributed by atoms with E-state index in [2.05, 4.69) is 28.2 Å². The van der Waals surface area contributed by atoms with Crippen molar-refractivity contribution in [2.24, 2.45) is 11.8 Å². The number of esters is 1. The topological polar surface area (TPSA) is 64.3 Å². The van der Waals surface area contributed by atoms with E-state index in [1.807, 2.05) is 6.07 Å².